The molecule has 4 aliphatic rings. The molecule has 2 amide bonds. The van der Waals surface area contributed by atoms with Crippen molar-refractivity contribution in [1.82, 2.24) is 10.6 Å². The van der Waals surface area contributed by atoms with Crippen LogP contribution in [0.3, 0.4) is 0 Å². The summed E-state index contributed by atoms with van der Waals surface area (Å²) in [4.78, 5) is 23.8. The smallest absolute Gasteiger partial charge is 0.335 e. The van der Waals surface area contributed by atoms with E-state index in [1.165, 1.54) is 38.5 Å². The fourth-order valence-electron chi connectivity index (χ4n) is 6.86. The van der Waals surface area contributed by atoms with Crippen molar-refractivity contribution in [1.29, 1.82) is 0 Å². The van der Waals surface area contributed by atoms with E-state index in [9.17, 15) is 9.59 Å². The van der Waals surface area contributed by atoms with Gasteiger partial charge in [0.05, 0.1) is 11.7 Å². The minimum absolute atomic E-state index is 0.0204. The quantitative estimate of drug-likeness (QED) is 0.635. The molecule has 3 N–H and O–H groups in total. The van der Waals surface area contributed by atoms with Crippen LogP contribution in [0, 0.1) is 17.8 Å². The summed E-state index contributed by atoms with van der Waals surface area (Å²) < 4.78 is 6.02. The topological polar surface area (TPSA) is 87.7 Å². The number of rotatable bonds is 5. The van der Waals surface area contributed by atoms with Gasteiger partial charge in [-0.25, -0.2) is 9.59 Å². The van der Waals surface area contributed by atoms with Gasteiger partial charge in [-0.2, -0.15) is 0 Å². The molecule has 4 atom stereocenters. The largest absolute Gasteiger partial charge is 0.490 e. The van der Waals surface area contributed by atoms with Crippen LogP contribution in [0.1, 0.15) is 81.0 Å². The third-order valence-electron chi connectivity index (χ3n) is 8.37. The first-order valence-corrected chi connectivity index (χ1v) is 12.1. The molecule has 4 saturated carbocycles. The molecule has 1 aromatic carbocycles. The summed E-state index contributed by atoms with van der Waals surface area (Å²) >= 11 is 0. The van der Waals surface area contributed by atoms with Gasteiger partial charge >= 0.3 is 12.0 Å². The molecule has 5 rings (SSSR count). The van der Waals surface area contributed by atoms with E-state index in [1.807, 2.05) is 0 Å². The second-order valence-electron chi connectivity index (χ2n) is 10.4. The number of nitrogens with one attached hydrogen (secondary N) is 2. The highest BCUT2D eigenvalue weighted by molar-refractivity contribution is 5.87. The molecular weight excluding hydrogens is 392 g/mol. The standard InChI is InChI=1S/C25H34N2O4/c28-23(29)18-3-7-21(8-4-18)31-22-9-5-20(6-10-22)26-24(30)27-25-12-11-17-2-1-16(14-25)13-19(17)15-25/h3-4,7-8,16-17,19-20,22H,1-2,5-6,9-15H2,(H,28,29)(H2,26,27,30)/t16?,17?,19?,20-,22-,25?. The minimum Gasteiger partial charge on any atom is -0.490 e. The summed E-state index contributed by atoms with van der Waals surface area (Å²) in [5.41, 5.74) is 0.303. The Morgan fingerprint density at radius 3 is 2.45 bits per heavy atom. The van der Waals surface area contributed by atoms with Crippen molar-refractivity contribution in [2.45, 2.75) is 88.3 Å². The molecule has 6 heteroatoms. The first-order chi connectivity index (χ1) is 15.0. The van der Waals surface area contributed by atoms with Crippen LogP contribution in [0.5, 0.6) is 5.75 Å². The molecule has 31 heavy (non-hydrogen) atoms. The monoisotopic (exact) mass is 426 g/mol. The average Bonchev–Trinajstić information content (AvgIpc) is 2.74. The predicted octanol–water partition coefficient (Wildman–Crippen LogP) is 4.73. The Morgan fingerprint density at radius 1 is 0.935 bits per heavy atom. The number of amides is 2. The van der Waals surface area contributed by atoms with E-state index in [2.05, 4.69) is 10.6 Å². The molecule has 0 heterocycles. The van der Waals surface area contributed by atoms with Gasteiger partial charge < -0.3 is 20.5 Å². The molecule has 4 unspecified atom stereocenters. The Balaban J connectivity index is 1.08. The van der Waals surface area contributed by atoms with Crippen LogP contribution in [-0.2, 0) is 0 Å². The fourth-order valence-corrected chi connectivity index (χ4v) is 6.86. The highest BCUT2D eigenvalue weighted by atomic mass is 16.5. The summed E-state index contributed by atoms with van der Waals surface area (Å²) in [6, 6.07) is 6.80. The van der Waals surface area contributed by atoms with Gasteiger partial charge in [0.15, 0.2) is 0 Å². The lowest BCUT2D eigenvalue weighted by molar-refractivity contribution is 0.00114. The molecule has 6 nitrogen and oxygen atoms in total. The zero-order chi connectivity index (χ0) is 21.4. The number of ether oxygens (including phenoxy) is 1. The van der Waals surface area contributed by atoms with Gasteiger partial charge in [0.1, 0.15) is 5.75 Å². The maximum absolute atomic E-state index is 12.8. The van der Waals surface area contributed by atoms with Crippen molar-refractivity contribution in [3.63, 3.8) is 0 Å². The maximum Gasteiger partial charge on any atom is 0.335 e. The van der Waals surface area contributed by atoms with Crippen molar-refractivity contribution in [3.8, 4) is 5.75 Å². The SMILES string of the molecule is O=C(NC12CCC3CCC(CC3C1)C2)N[C@H]1CC[C@H](Oc2ccc(C(=O)O)cc2)CC1. The normalized spacial score (nSPS) is 36.5. The van der Waals surface area contributed by atoms with E-state index < -0.39 is 5.97 Å². The number of hydrogen-bond acceptors (Lipinski definition) is 3. The Labute approximate surface area is 184 Å². The third-order valence-corrected chi connectivity index (χ3v) is 8.37. The summed E-state index contributed by atoms with van der Waals surface area (Å²) in [7, 11) is 0. The van der Waals surface area contributed by atoms with Crippen molar-refractivity contribution < 1.29 is 19.4 Å². The van der Waals surface area contributed by atoms with Gasteiger partial charge in [-0.15, -0.1) is 0 Å². The van der Waals surface area contributed by atoms with Gasteiger partial charge in [0.2, 0.25) is 0 Å². The van der Waals surface area contributed by atoms with Crippen LogP contribution < -0.4 is 15.4 Å². The number of fused-ring (bicyclic) bond motifs is 2. The number of urea groups is 1. The second kappa shape index (κ2) is 8.36. The molecule has 0 aliphatic heterocycles. The van der Waals surface area contributed by atoms with Gasteiger partial charge in [-0.1, -0.05) is 6.42 Å². The number of carbonyl (C=O) groups is 2. The third kappa shape index (κ3) is 4.53. The van der Waals surface area contributed by atoms with Crippen LogP contribution in [0.2, 0.25) is 0 Å². The molecule has 0 radical (unpaired) electrons. The van der Waals surface area contributed by atoms with E-state index in [-0.39, 0.29) is 29.3 Å². The zero-order valence-electron chi connectivity index (χ0n) is 18.1. The molecule has 168 valence electrons. The first-order valence-electron chi connectivity index (χ1n) is 12.1. The van der Waals surface area contributed by atoms with Gasteiger partial charge in [0.25, 0.3) is 0 Å². The summed E-state index contributed by atoms with van der Waals surface area (Å²) in [6.07, 6.45) is 12.7. The van der Waals surface area contributed by atoms with E-state index in [0.29, 0.717) is 5.75 Å². The molecule has 1 aromatic rings. The van der Waals surface area contributed by atoms with Crippen molar-refractivity contribution in [3.05, 3.63) is 29.8 Å². The average molecular weight is 427 g/mol. The Kier molecular flexibility index (Phi) is 5.57. The van der Waals surface area contributed by atoms with E-state index in [1.54, 1.807) is 24.3 Å². The summed E-state index contributed by atoms with van der Waals surface area (Å²) in [6.45, 7) is 0. The molecular formula is C25H34N2O4. The van der Waals surface area contributed by atoms with Crippen molar-refractivity contribution in [2.24, 2.45) is 17.8 Å². The number of carboxylic acids is 1. The molecule has 4 aliphatic carbocycles. The zero-order valence-corrected chi connectivity index (χ0v) is 18.1. The number of carboxylic acid groups (broad SMARTS) is 1. The molecule has 0 spiro atoms. The molecule has 4 fully saturated rings. The Bertz CT molecular complexity index is 813. The van der Waals surface area contributed by atoms with Crippen LogP contribution in [0.15, 0.2) is 24.3 Å². The Hall–Kier alpha value is -2.24. The molecule has 3 bridgehead atoms. The highest BCUT2D eigenvalue weighted by Crippen LogP contribution is 2.54. The van der Waals surface area contributed by atoms with Gasteiger partial charge in [0, 0.05) is 11.6 Å². The van der Waals surface area contributed by atoms with Crippen LogP contribution in [0.25, 0.3) is 0 Å². The van der Waals surface area contributed by atoms with Crippen molar-refractivity contribution >= 4 is 12.0 Å². The lowest BCUT2D eigenvalue weighted by Crippen LogP contribution is -2.60. The van der Waals surface area contributed by atoms with Gasteiger partial charge in [-0.05, 0) is 106 Å². The maximum atomic E-state index is 12.8. The molecule has 0 aromatic heterocycles. The van der Waals surface area contributed by atoms with E-state index in [0.717, 1.165) is 49.9 Å². The van der Waals surface area contributed by atoms with E-state index in [4.69, 9.17) is 9.84 Å². The van der Waals surface area contributed by atoms with E-state index >= 15 is 0 Å². The van der Waals surface area contributed by atoms with Crippen molar-refractivity contribution in [2.75, 3.05) is 0 Å². The summed E-state index contributed by atoms with van der Waals surface area (Å²) in [5.74, 6) is 2.33. The highest BCUT2D eigenvalue weighted by Gasteiger charge is 2.49. The lowest BCUT2D eigenvalue weighted by Gasteiger charge is -2.55. The number of carbonyl (C=O) groups excluding carboxylic acids is 1. The fraction of sp³-hybridized carbons (Fsp3) is 0.680. The van der Waals surface area contributed by atoms with Crippen LogP contribution in [-0.4, -0.2) is 34.8 Å². The minimum atomic E-state index is -0.930. The summed E-state index contributed by atoms with van der Waals surface area (Å²) in [5, 5.41) is 15.7. The molecule has 0 saturated heterocycles. The lowest BCUT2D eigenvalue weighted by atomic mass is 9.54. The number of aromatic carboxylic acids is 1. The second-order valence-corrected chi connectivity index (χ2v) is 10.4. The van der Waals surface area contributed by atoms with Crippen LogP contribution >= 0.6 is 0 Å². The Morgan fingerprint density at radius 2 is 1.71 bits per heavy atom. The number of hydrogen-bond donors (Lipinski definition) is 3. The van der Waals surface area contributed by atoms with Crippen LogP contribution in [0.4, 0.5) is 4.79 Å². The first kappa shape index (κ1) is 20.7. The number of benzene rings is 1. The predicted molar refractivity (Wildman–Crippen MR) is 117 cm³/mol. The van der Waals surface area contributed by atoms with Gasteiger partial charge in [-0.3, -0.25) is 0 Å².